The molecule has 1 unspecified atom stereocenters. The lowest BCUT2D eigenvalue weighted by atomic mass is 9.95. The largest absolute Gasteiger partial charge is 0.368 e. The fraction of sp³-hybridized carbons (Fsp3) is 0.227. The molecule has 134 valence electrons. The van der Waals surface area contributed by atoms with Gasteiger partial charge < -0.3 is 10.6 Å². The average molecular weight is 356 g/mol. The molecule has 5 heteroatoms. The van der Waals surface area contributed by atoms with E-state index >= 15 is 0 Å². The van der Waals surface area contributed by atoms with Crippen molar-refractivity contribution in [3.05, 3.63) is 54.2 Å². The highest BCUT2D eigenvalue weighted by Crippen LogP contribution is 2.38. The van der Waals surface area contributed by atoms with E-state index in [0.717, 1.165) is 40.4 Å². The molecular weight excluding hydrogens is 336 g/mol. The van der Waals surface area contributed by atoms with Crippen LogP contribution in [0.2, 0.25) is 0 Å². The van der Waals surface area contributed by atoms with Gasteiger partial charge in [-0.1, -0.05) is 36.3 Å². The third kappa shape index (κ3) is 3.22. The first kappa shape index (κ1) is 17.0. The second kappa shape index (κ2) is 7.08. The number of nitrogens with zero attached hydrogens (tertiary/aromatic N) is 3. The van der Waals surface area contributed by atoms with Crippen molar-refractivity contribution in [3.63, 3.8) is 0 Å². The van der Waals surface area contributed by atoms with Gasteiger partial charge in [-0.15, -0.1) is 0 Å². The Morgan fingerprint density at radius 1 is 1.22 bits per heavy atom. The minimum Gasteiger partial charge on any atom is -0.368 e. The number of hydrogen-bond acceptors (Lipinski definition) is 4. The molecule has 5 nitrogen and oxygen atoms in total. The topological polar surface area (TPSA) is 72.1 Å². The summed E-state index contributed by atoms with van der Waals surface area (Å²) < 4.78 is 0. The fourth-order valence-electron chi connectivity index (χ4n) is 3.75. The number of amides is 1. The van der Waals surface area contributed by atoms with Crippen LogP contribution in [0.4, 0.5) is 5.95 Å². The minimum absolute atomic E-state index is 0.0567. The van der Waals surface area contributed by atoms with Crippen molar-refractivity contribution in [2.45, 2.75) is 25.8 Å². The second-order valence-electron chi connectivity index (χ2n) is 6.63. The number of aromatic nitrogens is 2. The highest BCUT2D eigenvalue weighted by atomic mass is 16.2. The molecule has 1 aliphatic heterocycles. The van der Waals surface area contributed by atoms with Crippen LogP contribution in [0.1, 0.15) is 31.4 Å². The highest BCUT2D eigenvalue weighted by molar-refractivity contribution is 5.95. The van der Waals surface area contributed by atoms with E-state index < -0.39 is 0 Å². The normalized spacial score (nSPS) is 16.2. The first-order valence-electron chi connectivity index (χ1n) is 9.02. The number of nitrogens with two attached hydrogens (primary N) is 1. The Bertz CT molecular complexity index is 1070. The van der Waals surface area contributed by atoms with Crippen molar-refractivity contribution in [2.24, 2.45) is 0 Å². The van der Waals surface area contributed by atoms with E-state index in [1.807, 2.05) is 23.1 Å². The molecule has 0 spiro atoms. The first-order chi connectivity index (χ1) is 13.2. The van der Waals surface area contributed by atoms with E-state index in [-0.39, 0.29) is 17.9 Å². The van der Waals surface area contributed by atoms with E-state index in [1.54, 1.807) is 13.1 Å². The Hall–Kier alpha value is -3.39. The Morgan fingerprint density at radius 3 is 2.81 bits per heavy atom. The lowest BCUT2D eigenvalue weighted by Gasteiger charge is -2.24. The zero-order chi connectivity index (χ0) is 18.8. The molecular formula is C22H20N4O. The molecule has 1 saturated heterocycles. The van der Waals surface area contributed by atoms with E-state index in [9.17, 15) is 4.79 Å². The summed E-state index contributed by atoms with van der Waals surface area (Å²) in [5, 5.41) is 0.918. The molecule has 2 aromatic carbocycles. The van der Waals surface area contributed by atoms with Crippen molar-refractivity contribution in [3.8, 4) is 23.0 Å². The smallest absolute Gasteiger partial charge is 0.298 e. The Balaban J connectivity index is 1.90. The number of hydrogen-bond donors (Lipinski definition) is 1. The van der Waals surface area contributed by atoms with Crippen molar-refractivity contribution in [1.82, 2.24) is 14.9 Å². The molecule has 1 fully saturated rings. The van der Waals surface area contributed by atoms with Crippen molar-refractivity contribution >= 4 is 22.8 Å². The maximum absolute atomic E-state index is 12.5. The maximum atomic E-state index is 12.5. The van der Waals surface area contributed by atoms with Crippen LogP contribution in [0.25, 0.3) is 22.0 Å². The molecule has 2 N–H and O–H groups in total. The molecule has 3 aromatic rings. The lowest BCUT2D eigenvalue weighted by molar-refractivity contribution is -0.125. The Kier molecular flexibility index (Phi) is 4.47. The van der Waals surface area contributed by atoms with Crippen LogP contribution < -0.4 is 5.73 Å². The number of fused-ring (bicyclic) bond motifs is 1. The number of nitrogen functional groups attached to an aromatic ring is 1. The van der Waals surface area contributed by atoms with Gasteiger partial charge in [-0.05, 0) is 48.9 Å². The Labute approximate surface area is 158 Å². The minimum atomic E-state index is -0.139. The second-order valence-corrected chi connectivity index (χ2v) is 6.63. The standard InChI is InChI=1S/C22H20N4O/c1-2-7-20(27)26-11-6-10-19(26)18-13-16(15-8-4-3-5-9-15)12-17-14-24-22(23)25-21(17)18/h3-5,8-9,12-14,19H,6,10-11H2,1H3,(H2,23,24,25). The van der Waals surface area contributed by atoms with E-state index in [2.05, 4.69) is 46.1 Å². The SMILES string of the molecule is CC#CC(=O)N1CCCC1c1cc(-c2ccccc2)cc2cnc(N)nc12. The molecule has 0 saturated carbocycles. The van der Waals surface area contributed by atoms with Crippen LogP contribution in [0, 0.1) is 11.8 Å². The molecule has 1 amide bonds. The van der Waals surface area contributed by atoms with Crippen LogP contribution >= 0.6 is 0 Å². The van der Waals surface area contributed by atoms with Crippen molar-refractivity contribution < 1.29 is 4.79 Å². The lowest BCUT2D eigenvalue weighted by Crippen LogP contribution is -2.29. The summed E-state index contributed by atoms with van der Waals surface area (Å²) in [5.74, 6) is 5.48. The van der Waals surface area contributed by atoms with Gasteiger partial charge in [0.1, 0.15) is 0 Å². The molecule has 4 rings (SSSR count). The van der Waals surface area contributed by atoms with Crippen LogP contribution in [-0.4, -0.2) is 27.3 Å². The summed E-state index contributed by atoms with van der Waals surface area (Å²) in [6.07, 6.45) is 3.58. The van der Waals surface area contributed by atoms with Gasteiger partial charge in [-0.25, -0.2) is 9.97 Å². The van der Waals surface area contributed by atoms with Gasteiger partial charge >= 0.3 is 0 Å². The molecule has 1 aliphatic rings. The summed E-state index contributed by atoms with van der Waals surface area (Å²) >= 11 is 0. The molecule has 0 bridgehead atoms. The number of carbonyl (C=O) groups excluding carboxylic acids is 1. The fourth-order valence-corrected chi connectivity index (χ4v) is 3.75. The summed E-state index contributed by atoms with van der Waals surface area (Å²) in [4.78, 5) is 23.0. The summed E-state index contributed by atoms with van der Waals surface area (Å²) in [5.41, 5.74) is 9.85. The third-order valence-corrected chi connectivity index (χ3v) is 4.94. The van der Waals surface area contributed by atoms with Gasteiger partial charge in [0.15, 0.2) is 0 Å². The zero-order valence-corrected chi connectivity index (χ0v) is 15.1. The first-order valence-corrected chi connectivity index (χ1v) is 9.02. The van der Waals surface area contributed by atoms with Gasteiger partial charge in [0.2, 0.25) is 5.95 Å². The van der Waals surface area contributed by atoms with Gasteiger partial charge in [0, 0.05) is 23.7 Å². The van der Waals surface area contributed by atoms with E-state index in [0.29, 0.717) is 6.54 Å². The predicted molar refractivity (Wildman–Crippen MR) is 107 cm³/mol. The third-order valence-electron chi connectivity index (χ3n) is 4.94. The summed E-state index contributed by atoms with van der Waals surface area (Å²) in [6.45, 7) is 2.39. The summed E-state index contributed by atoms with van der Waals surface area (Å²) in [7, 11) is 0. The zero-order valence-electron chi connectivity index (χ0n) is 15.1. The van der Waals surface area contributed by atoms with Crippen LogP contribution in [0.5, 0.6) is 0 Å². The van der Waals surface area contributed by atoms with Crippen molar-refractivity contribution in [2.75, 3.05) is 12.3 Å². The van der Waals surface area contributed by atoms with Crippen LogP contribution in [0.15, 0.2) is 48.7 Å². The van der Waals surface area contributed by atoms with Crippen LogP contribution in [0.3, 0.4) is 0 Å². The van der Waals surface area contributed by atoms with Crippen molar-refractivity contribution in [1.29, 1.82) is 0 Å². The molecule has 0 radical (unpaired) electrons. The Morgan fingerprint density at radius 2 is 2.04 bits per heavy atom. The highest BCUT2D eigenvalue weighted by Gasteiger charge is 2.31. The number of rotatable bonds is 2. The van der Waals surface area contributed by atoms with Gasteiger partial charge in [0.05, 0.1) is 11.6 Å². The predicted octanol–water partition coefficient (Wildman–Crippen LogP) is 3.57. The number of benzene rings is 2. The monoisotopic (exact) mass is 356 g/mol. The molecule has 2 heterocycles. The number of carbonyl (C=O) groups is 1. The van der Waals surface area contributed by atoms with E-state index in [4.69, 9.17) is 5.73 Å². The van der Waals surface area contributed by atoms with E-state index in [1.165, 1.54) is 0 Å². The van der Waals surface area contributed by atoms with Gasteiger partial charge in [0.25, 0.3) is 5.91 Å². The quantitative estimate of drug-likeness (QED) is 0.713. The molecule has 27 heavy (non-hydrogen) atoms. The average Bonchev–Trinajstić information content (AvgIpc) is 3.18. The molecule has 1 aromatic heterocycles. The van der Waals surface area contributed by atoms with Crippen LogP contribution in [-0.2, 0) is 4.79 Å². The summed E-state index contributed by atoms with van der Waals surface area (Å²) in [6, 6.07) is 14.3. The maximum Gasteiger partial charge on any atom is 0.298 e. The number of anilines is 1. The number of likely N-dealkylation sites (tertiary alicyclic amines) is 1. The van der Waals surface area contributed by atoms with Gasteiger partial charge in [-0.2, -0.15) is 0 Å². The van der Waals surface area contributed by atoms with Gasteiger partial charge in [-0.3, -0.25) is 4.79 Å². The molecule has 0 aliphatic carbocycles. The molecule has 1 atom stereocenters.